The zero-order chi connectivity index (χ0) is 20.5. The molecule has 0 unspecified atom stereocenters. The summed E-state index contributed by atoms with van der Waals surface area (Å²) >= 11 is 5.67. The third-order valence-electron chi connectivity index (χ3n) is 2.67. The summed E-state index contributed by atoms with van der Waals surface area (Å²) in [6.45, 7) is 9.55. The summed E-state index contributed by atoms with van der Waals surface area (Å²) < 4.78 is 49.5. The van der Waals surface area contributed by atoms with E-state index in [0.717, 1.165) is 6.07 Å². The minimum absolute atomic E-state index is 0.316. The summed E-state index contributed by atoms with van der Waals surface area (Å²) in [5, 5.41) is 1.47. The molecule has 0 heterocycles. The van der Waals surface area contributed by atoms with Crippen LogP contribution in [-0.4, -0.2) is 23.3 Å². The maximum atomic E-state index is 13.1. The lowest BCUT2D eigenvalue weighted by atomic mass is 10.1. The molecular formula is C17H21ClF3NO4. The number of rotatable bonds is 2. The van der Waals surface area contributed by atoms with Crippen molar-refractivity contribution in [2.75, 3.05) is 5.32 Å². The summed E-state index contributed by atoms with van der Waals surface area (Å²) in [4.78, 5) is 24.2. The molecule has 0 aliphatic heterocycles. The lowest BCUT2D eigenvalue weighted by Gasteiger charge is -2.23. The highest BCUT2D eigenvalue weighted by atomic mass is 35.5. The average Bonchev–Trinajstić information content (AvgIpc) is 2.34. The van der Waals surface area contributed by atoms with Crippen LogP contribution in [-0.2, 0) is 15.7 Å². The van der Waals surface area contributed by atoms with E-state index in [-0.39, 0.29) is 5.56 Å². The Morgan fingerprint density at radius 2 is 1.46 bits per heavy atom. The van der Waals surface area contributed by atoms with Crippen LogP contribution in [0.5, 0.6) is 0 Å². The first-order valence-corrected chi connectivity index (χ1v) is 8.01. The van der Waals surface area contributed by atoms with Gasteiger partial charge in [0.05, 0.1) is 21.8 Å². The smallest absolute Gasteiger partial charge is 0.417 e. The van der Waals surface area contributed by atoms with E-state index >= 15 is 0 Å². The molecule has 0 aliphatic rings. The van der Waals surface area contributed by atoms with Crippen LogP contribution in [0.2, 0.25) is 5.02 Å². The van der Waals surface area contributed by atoms with Crippen LogP contribution in [0.1, 0.15) is 57.5 Å². The van der Waals surface area contributed by atoms with Gasteiger partial charge < -0.3 is 9.47 Å². The predicted octanol–water partition coefficient (Wildman–Crippen LogP) is 5.66. The van der Waals surface area contributed by atoms with Gasteiger partial charge >= 0.3 is 18.2 Å². The maximum absolute atomic E-state index is 13.1. The van der Waals surface area contributed by atoms with Crippen molar-refractivity contribution in [2.45, 2.75) is 58.9 Å². The van der Waals surface area contributed by atoms with Crippen LogP contribution in [0.4, 0.5) is 23.7 Å². The highest BCUT2D eigenvalue weighted by Gasteiger charge is 2.35. The second-order valence-electron chi connectivity index (χ2n) is 7.50. The fourth-order valence-corrected chi connectivity index (χ4v) is 2.08. The van der Waals surface area contributed by atoms with Gasteiger partial charge in [-0.25, -0.2) is 9.59 Å². The number of benzene rings is 1. The lowest BCUT2D eigenvalue weighted by molar-refractivity contribution is -0.137. The molecule has 0 atom stereocenters. The third-order valence-corrected chi connectivity index (χ3v) is 2.98. The molecule has 0 bridgehead atoms. The van der Waals surface area contributed by atoms with Gasteiger partial charge in [0.25, 0.3) is 0 Å². The molecule has 1 aromatic rings. The van der Waals surface area contributed by atoms with E-state index in [4.69, 9.17) is 21.1 Å². The van der Waals surface area contributed by atoms with E-state index in [1.807, 2.05) is 0 Å². The molecule has 1 amide bonds. The van der Waals surface area contributed by atoms with E-state index in [2.05, 4.69) is 5.32 Å². The van der Waals surface area contributed by atoms with Gasteiger partial charge in [0.2, 0.25) is 0 Å². The third kappa shape index (κ3) is 6.74. The Labute approximate surface area is 154 Å². The summed E-state index contributed by atoms with van der Waals surface area (Å²) in [5.41, 5.74) is -3.70. The molecule has 26 heavy (non-hydrogen) atoms. The number of nitrogens with one attached hydrogen (secondary N) is 1. The topological polar surface area (TPSA) is 64.6 Å². The highest BCUT2D eigenvalue weighted by molar-refractivity contribution is 6.32. The number of carbonyl (C=O) groups is 2. The normalized spacial score (nSPS) is 12.5. The van der Waals surface area contributed by atoms with Gasteiger partial charge in [0.1, 0.15) is 11.2 Å². The van der Waals surface area contributed by atoms with Crippen molar-refractivity contribution >= 4 is 29.4 Å². The van der Waals surface area contributed by atoms with Crippen LogP contribution < -0.4 is 5.32 Å². The van der Waals surface area contributed by atoms with Gasteiger partial charge in [-0.2, -0.15) is 13.2 Å². The molecule has 0 aromatic heterocycles. The quantitative estimate of drug-likeness (QED) is 0.656. The number of anilines is 1. The minimum atomic E-state index is -4.77. The van der Waals surface area contributed by atoms with Gasteiger partial charge in [0, 0.05) is 0 Å². The van der Waals surface area contributed by atoms with Crippen molar-refractivity contribution in [1.82, 2.24) is 0 Å². The van der Waals surface area contributed by atoms with E-state index in [9.17, 15) is 22.8 Å². The Hall–Kier alpha value is -1.96. The van der Waals surface area contributed by atoms with Crippen molar-refractivity contribution in [3.05, 3.63) is 28.3 Å². The molecule has 0 spiro atoms. The van der Waals surface area contributed by atoms with E-state index in [1.165, 1.54) is 0 Å². The summed E-state index contributed by atoms with van der Waals surface area (Å²) in [6, 6.07) is 1.39. The molecule has 1 rings (SSSR count). The van der Waals surface area contributed by atoms with E-state index in [0.29, 0.717) is 6.07 Å². The number of halogens is 4. The molecule has 0 fully saturated rings. The molecule has 0 saturated heterocycles. The SMILES string of the molecule is CC(C)(C)OC(=O)Nc1cc(C(F)(F)F)c(Cl)cc1C(=O)OC(C)(C)C. The zero-order valence-corrected chi connectivity index (χ0v) is 16.1. The van der Waals surface area contributed by atoms with Crippen LogP contribution in [0.15, 0.2) is 12.1 Å². The number of alkyl halides is 3. The molecule has 1 aromatic carbocycles. The first-order chi connectivity index (χ1) is 11.5. The first kappa shape index (κ1) is 22.1. The average molecular weight is 396 g/mol. The maximum Gasteiger partial charge on any atom is 0.417 e. The Morgan fingerprint density at radius 1 is 0.962 bits per heavy atom. The fraction of sp³-hybridized carbons (Fsp3) is 0.529. The Kier molecular flexibility index (Phi) is 6.24. The van der Waals surface area contributed by atoms with Gasteiger partial charge in [-0.3, -0.25) is 5.32 Å². The van der Waals surface area contributed by atoms with Crippen LogP contribution in [0.3, 0.4) is 0 Å². The molecular weight excluding hydrogens is 375 g/mol. The van der Waals surface area contributed by atoms with Gasteiger partial charge in [0.15, 0.2) is 0 Å². The van der Waals surface area contributed by atoms with Crippen LogP contribution >= 0.6 is 11.6 Å². The monoisotopic (exact) mass is 395 g/mol. The van der Waals surface area contributed by atoms with Crippen molar-refractivity contribution in [1.29, 1.82) is 0 Å². The Balaban J connectivity index is 3.37. The molecule has 0 radical (unpaired) electrons. The number of ether oxygens (including phenoxy) is 2. The number of carbonyl (C=O) groups excluding carboxylic acids is 2. The Bertz CT molecular complexity index is 704. The van der Waals surface area contributed by atoms with Gasteiger partial charge in [-0.1, -0.05) is 11.6 Å². The number of hydrogen-bond acceptors (Lipinski definition) is 4. The molecule has 9 heteroatoms. The molecule has 1 N–H and O–H groups in total. The lowest BCUT2D eigenvalue weighted by Crippen LogP contribution is -2.29. The zero-order valence-electron chi connectivity index (χ0n) is 15.3. The molecule has 0 aliphatic carbocycles. The fourth-order valence-electron chi connectivity index (χ4n) is 1.81. The van der Waals surface area contributed by atoms with Crippen molar-refractivity contribution < 1.29 is 32.2 Å². The van der Waals surface area contributed by atoms with E-state index < -0.39 is 45.7 Å². The first-order valence-electron chi connectivity index (χ1n) is 7.64. The van der Waals surface area contributed by atoms with Crippen LogP contribution in [0, 0.1) is 0 Å². The second-order valence-corrected chi connectivity index (χ2v) is 7.91. The number of hydrogen-bond donors (Lipinski definition) is 1. The van der Waals surface area contributed by atoms with Gasteiger partial charge in [-0.15, -0.1) is 0 Å². The number of esters is 1. The predicted molar refractivity (Wildman–Crippen MR) is 91.5 cm³/mol. The molecule has 0 saturated carbocycles. The second kappa shape index (κ2) is 7.34. The number of amides is 1. The highest BCUT2D eigenvalue weighted by Crippen LogP contribution is 2.38. The van der Waals surface area contributed by atoms with Crippen molar-refractivity contribution in [2.24, 2.45) is 0 Å². The van der Waals surface area contributed by atoms with Crippen LogP contribution in [0.25, 0.3) is 0 Å². The summed E-state index contributed by atoms with van der Waals surface area (Å²) in [7, 11) is 0. The van der Waals surface area contributed by atoms with Gasteiger partial charge in [-0.05, 0) is 53.7 Å². The van der Waals surface area contributed by atoms with Crippen molar-refractivity contribution in [3.8, 4) is 0 Å². The van der Waals surface area contributed by atoms with Crippen molar-refractivity contribution in [3.63, 3.8) is 0 Å². The standard InChI is InChI=1S/C17H21ClF3NO4/c1-15(2,3)25-13(23)9-7-11(18)10(17(19,20)21)8-12(9)22-14(24)26-16(4,5)6/h7-8H,1-6H3,(H,22,24). The Morgan fingerprint density at radius 3 is 1.88 bits per heavy atom. The summed E-state index contributed by atoms with van der Waals surface area (Å²) in [6.07, 6.45) is -5.79. The molecule has 5 nitrogen and oxygen atoms in total. The largest absolute Gasteiger partial charge is 0.456 e. The summed E-state index contributed by atoms with van der Waals surface area (Å²) in [5.74, 6) is -0.931. The van der Waals surface area contributed by atoms with E-state index in [1.54, 1.807) is 41.5 Å². The molecule has 146 valence electrons. The minimum Gasteiger partial charge on any atom is -0.456 e.